The van der Waals surface area contributed by atoms with Crippen LogP contribution in [0.25, 0.3) is 0 Å². The highest BCUT2D eigenvalue weighted by Gasteiger charge is 2.46. The lowest BCUT2D eigenvalue weighted by Gasteiger charge is -2.36. The van der Waals surface area contributed by atoms with Crippen molar-refractivity contribution in [2.45, 2.75) is 12.2 Å². The maximum atomic E-state index is 13.5. The normalized spacial score (nSPS) is 16.3. The summed E-state index contributed by atoms with van der Waals surface area (Å²) in [6.07, 6.45) is -4.58. The van der Waals surface area contributed by atoms with Crippen LogP contribution in [0, 0.1) is 11.3 Å². The number of alkyl halides is 3. The summed E-state index contributed by atoms with van der Waals surface area (Å²) in [6, 6.07) is 2.09. The largest absolute Gasteiger partial charge is 0.504 e. The highest BCUT2D eigenvalue weighted by atomic mass is 35.5. The van der Waals surface area contributed by atoms with Crippen molar-refractivity contribution in [2.75, 3.05) is 33.3 Å². The third-order valence-electron chi connectivity index (χ3n) is 3.57. The Hall–Kier alpha value is -1.40. The van der Waals surface area contributed by atoms with E-state index in [0.29, 0.717) is 13.1 Å². The monoisotopic (exact) mass is 387 g/mol. The maximum Gasteiger partial charge on any atom is 0.408 e. The number of piperazine rings is 1. The minimum atomic E-state index is -4.58. The molecular formula is C14H18Cl2F3N3O2. The maximum absolute atomic E-state index is 13.5. The van der Waals surface area contributed by atoms with E-state index in [1.165, 1.54) is 18.1 Å². The number of hydrogen-bond acceptors (Lipinski definition) is 5. The molecular weight excluding hydrogens is 370 g/mol. The van der Waals surface area contributed by atoms with Gasteiger partial charge in [-0.2, -0.15) is 18.4 Å². The van der Waals surface area contributed by atoms with E-state index in [1.807, 2.05) is 0 Å². The molecule has 0 spiro atoms. The van der Waals surface area contributed by atoms with E-state index in [2.05, 4.69) is 5.32 Å². The van der Waals surface area contributed by atoms with Crippen molar-refractivity contribution in [1.82, 2.24) is 10.2 Å². The average molecular weight is 388 g/mol. The van der Waals surface area contributed by atoms with Crippen LogP contribution in [0.15, 0.2) is 12.1 Å². The third-order valence-corrected chi connectivity index (χ3v) is 3.57. The molecule has 136 valence electrons. The van der Waals surface area contributed by atoms with E-state index in [4.69, 9.17) is 10.00 Å². The topological polar surface area (TPSA) is 68.5 Å². The van der Waals surface area contributed by atoms with Gasteiger partial charge in [-0.25, -0.2) is 0 Å². The molecule has 0 bridgehead atoms. The molecule has 1 atom stereocenters. The van der Waals surface area contributed by atoms with Crippen LogP contribution in [0.4, 0.5) is 13.2 Å². The molecule has 24 heavy (non-hydrogen) atoms. The number of aromatic hydroxyl groups is 1. The average Bonchev–Trinajstić information content (AvgIpc) is 2.49. The third kappa shape index (κ3) is 4.80. The van der Waals surface area contributed by atoms with Gasteiger partial charge in [0.05, 0.1) is 18.7 Å². The number of halogens is 5. The molecule has 0 saturated carbocycles. The zero-order valence-electron chi connectivity index (χ0n) is 12.8. The number of benzene rings is 1. The first-order valence-corrected chi connectivity index (χ1v) is 6.71. The van der Waals surface area contributed by atoms with E-state index in [9.17, 15) is 18.3 Å². The summed E-state index contributed by atoms with van der Waals surface area (Å²) in [7, 11) is 1.23. The molecule has 1 aromatic rings. The number of phenolic OH excluding ortho intramolecular Hbond substituents is 1. The number of methoxy groups -OCH3 is 1. The number of nitrogens with zero attached hydrogens (tertiary/aromatic N) is 2. The van der Waals surface area contributed by atoms with Gasteiger partial charge in [0, 0.05) is 37.8 Å². The van der Waals surface area contributed by atoms with Crippen molar-refractivity contribution in [1.29, 1.82) is 5.26 Å². The fourth-order valence-electron chi connectivity index (χ4n) is 2.58. The lowest BCUT2D eigenvalue weighted by molar-refractivity contribution is -0.188. The van der Waals surface area contributed by atoms with Crippen LogP contribution < -0.4 is 10.1 Å². The number of phenols is 1. The predicted molar refractivity (Wildman–Crippen MR) is 87.1 cm³/mol. The molecule has 1 heterocycles. The lowest BCUT2D eigenvalue weighted by Crippen LogP contribution is -2.49. The van der Waals surface area contributed by atoms with Crippen LogP contribution in [0.5, 0.6) is 11.5 Å². The molecule has 2 N–H and O–H groups in total. The van der Waals surface area contributed by atoms with Crippen molar-refractivity contribution in [3.05, 3.63) is 23.3 Å². The van der Waals surface area contributed by atoms with Crippen molar-refractivity contribution in [3.8, 4) is 17.6 Å². The summed E-state index contributed by atoms with van der Waals surface area (Å²) in [5.41, 5.74) is -0.348. The van der Waals surface area contributed by atoms with Crippen molar-refractivity contribution >= 4 is 24.8 Å². The molecule has 1 saturated heterocycles. The standard InChI is InChI=1S/C14H16F3N3O2.2ClH/c1-22-11-7-9(8-18)6-10(12(11)21)13(14(15,16)17)20-4-2-19-3-5-20;;/h6-7,13,19,21H,2-5H2,1H3;2*1H/t13-;;/m0../s1. The number of ether oxygens (including phenoxy) is 1. The molecule has 5 nitrogen and oxygen atoms in total. The summed E-state index contributed by atoms with van der Waals surface area (Å²) in [5, 5.41) is 22.1. The molecule has 0 unspecified atom stereocenters. The molecule has 10 heteroatoms. The van der Waals surface area contributed by atoms with Crippen molar-refractivity contribution in [2.24, 2.45) is 0 Å². The Labute approximate surface area is 150 Å². The van der Waals surface area contributed by atoms with Crippen LogP contribution in [0.1, 0.15) is 17.2 Å². The second-order valence-electron chi connectivity index (χ2n) is 4.96. The van der Waals surface area contributed by atoms with Gasteiger partial charge >= 0.3 is 6.18 Å². The van der Waals surface area contributed by atoms with E-state index in [1.54, 1.807) is 6.07 Å². The molecule has 1 aromatic carbocycles. The van der Waals surface area contributed by atoms with Crippen LogP contribution in [0.2, 0.25) is 0 Å². The molecule has 1 aliphatic heterocycles. The van der Waals surface area contributed by atoms with Gasteiger partial charge < -0.3 is 15.2 Å². The van der Waals surface area contributed by atoms with Crippen LogP contribution >= 0.6 is 24.8 Å². The SMILES string of the molecule is COc1cc(C#N)cc([C@H](N2CCNCC2)C(F)(F)F)c1O.Cl.Cl. The smallest absolute Gasteiger partial charge is 0.408 e. The Morgan fingerprint density at radius 3 is 2.33 bits per heavy atom. The predicted octanol–water partition coefficient (Wildman–Crippen LogP) is 2.62. The Morgan fingerprint density at radius 1 is 1.29 bits per heavy atom. The van der Waals surface area contributed by atoms with Crippen molar-refractivity contribution in [3.63, 3.8) is 0 Å². The van der Waals surface area contributed by atoms with E-state index < -0.39 is 18.0 Å². The van der Waals surface area contributed by atoms with E-state index >= 15 is 0 Å². The van der Waals surface area contributed by atoms with Gasteiger partial charge in [-0.15, -0.1) is 24.8 Å². The van der Waals surface area contributed by atoms with E-state index in [-0.39, 0.29) is 54.8 Å². The van der Waals surface area contributed by atoms with Crippen molar-refractivity contribution < 1.29 is 23.0 Å². The summed E-state index contributed by atoms with van der Waals surface area (Å²) in [4.78, 5) is 1.24. The first kappa shape index (κ1) is 22.6. The second-order valence-corrected chi connectivity index (χ2v) is 4.96. The molecule has 1 fully saturated rings. The molecule has 0 amide bonds. The van der Waals surface area contributed by atoms with Gasteiger partial charge in [0.25, 0.3) is 0 Å². The number of rotatable bonds is 3. The van der Waals surface area contributed by atoms with Gasteiger partial charge in [0.1, 0.15) is 6.04 Å². The molecule has 0 aromatic heterocycles. The fourth-order valence-corrected chi connectivity index (χ4v) is 2.58. The lowest BCUT2D eigenvalue weighted by atomic mass is 9.99. The van der Waals surface area contributed by atoms with Gasteiger partial charge in [-0.1, -0.05) is 0 Å². The van der Waals surface area contributed by atoms with Gasteiger partial charge in [0.15, 0.2) is 11.5 Å². The minimum absolute atomic E-state index is 0. The first-order chi connectivity index (χ1) is 10.4. The summed E-state index contributed by atoms with van der Waals surface area (Å²) < 4.78 is 45.5. The Balaban J connectivity index is 0.00000264. The highest BCUT2D eigenvalue weighted by molar-refractivity contribution is 5.85. The van der Waals surface area contributed by atoms with Gasteiger partial charge in [-0.3, -0.25) is 4.90 Å². The number of nitrogens with one attached hydrogen (secondary N) is 1. The zero-order chi connectivity index (χ0) is 16.3. The fraction of sp³-hybridized carbons (Fsp3) is 0.500. The molecule has 2 rings (SSSR count). The Morgan fingerprint density at radius 2 is 1.88 bits per heavy atom. The van der Waals surface area contributed by atoms with Crippen LogP contribution in [-0.4, -0.2) is 49.5 Å². The van der Waals surface area contributed by atoms with E-state index in [0.717, 1.165) is 6.07 Å². The van der Waals surface area contributed by atoms with Crippen LogP contribution in [-0.2, 0) is 0 Å². The number of nitriles is 1. The minimum Gasteiger partial charge on any atom is -0.504 e. The first-order valence-electron chi connectivity index (χ1n) is 6.71. The summed E-state index contributed by atoms with van der Waals surface area (Å²) in [6.45, 7) is 1.26. The summed E-state index contributed by atoms with van der Waals surface area (Å²) in [5.74, 6) is -0.721. The highest BCUT2D eigenvalue weighted by Crippen LogP contribution is 2.44. The molecule has 0 aliphatic carbocycles. The zero-order valence-corrected chi connectivity index (χ0v) is 14.4. The Kier molecular flexibility index (Phi) is 8.64. The number of hydrogen-bond donors (Lipinski definition) is 2. The molecule has 1 aliphatic rings. The second kappa shape index (κ2) is 9.18. The quantitative estimate of drug-likeness (QED) is 0.834. The van der Waals surface area contributed by atoms with Gasteiger partial charge in [-0.05, 0) is 6.07 Å². The summed E-state index contributed by atoms with van der Waals surface area (Å²) >= 11 is 0. The molecule has 0 radical (unpaired) electrons. The Bertz CT molecular complexity index is 588. The van der Waals surface area contributed by atoms with Crippen LogP contribution in [0.3, 0.4) is 0 Å². The van der Waals surface area contributed by atoms with Gasteiger partial charge in [0.2, 0.25) is 0 Å².